The van der Waals surface area contributed by atoms with Crippen LogP contribution in [0.1, 0.15) is 68.4 Å². The van der Waals surface area contributed by atoms with Gasteiger partial charge in [-0.25, -0.2) is 32.9 Å². The summed E-state index contributed by atoms with van der Waals surface area (Å²) >= 11 is 0. The lowest BCUT2D eigenvalue weighted by atomic mass is 9.88. The first-order valence-corrected chi connectivity index (χ1v) is 16.1. The smallest absolute Gasteiger partial charge is 0.428 e. The van der Waals surface area contributed by atoms with E-state index in [0.717, 1.165) is 23.1 Å². The minimum Gasteiger partial charge on any atom is -0.475 e. The van der Waals surface area contributed by atoms with Gasteiger partial charge in [0.2, 0.25) is 11.8 Å². The second-order valence-corrected chi connectivity index (χ2v) is 13.8. The first-order valence-electron chi connectivity index (χ1n) is 14.6. The second kappa shape index (κ2) is 13.2. The van der Waals surface area contributed by atoms with Gasteiger partial charge >= 0.3 is 6.09 Å². The highest BCUT2D eigenvalue weighted by Crippen LogP contribution is 2.32. The van der Waals surface area contributed by atoms with Crippen molar-refractivity contribution in [2.45, 2.75) is 71.7 Å². The zero-order valence-corrected chi connectivity index (χ0v) is 27.2. The number of hydrogen-bond donors (Lipinski definition) is 1. The van der Waals surface area contributed by atoms with Crippen LogP contribution in [0.25, 0.3) is 11.3 Å². The van der Waals surface area contributed by atoms with Crippen molar-refractivity contribution < 1.29 is 27.5 Å². The van der Waals surface area contributed by atoms with E-state index in [0.29, 0.717) is 18.5 Å². The van der Waals surface area contributed by atoms with Crippen LogP contribution >= 0.6 is 0 Å². The summed E-state index contributed by atoms with van der Waals surface area (Å²) in [5.74, 6) is -0.611. The van der Waals surface area contributed by atoms with Crippen LogP contribution in [0.4, 0.5) is 10.7 Å². The van der Waals surface area contributed by atoms with Crippen LogP contribution in [0.3, 0.4) is 0 Å². The summed E-state index contributed by atoms with van der Waals surface area (Å²) < 4.78 is 41.0. The number of aryl methyl sites for hydroxylation is 2. The van der Waals surface area contributed by atoms with Crippen molar-refractivity contribution >= 4 is 28.0 Å². The number of fused-ring (bicyclic) bond motifs is 4. The van der Waals surface area contributed by atoms with E-state index in [-0.39, 0.29) is 40.9 Å². The quantitative estimate of drug-likeness (QED) is 0.355. The maximum absolute atomic E-state index is 14.3. The maximum Gasteiger partial charge on any atom is 0.428 e. The van der Waals surface area contributed by atoms with Crippen LogP contribution in [0, 0.1) is 19.3 Å². The molecule has 3 aromatic rings. The molecular weight excluding hydrogens is 582 g/mol. The number of nitrogens with one attached hydrogen (secondary N) is 1. The van der Waals surface area contributed by atoms with E-state index in [1.807, 2.05) is 59.7 Å². The number of benzene rings is 2. The minimum atomic E-state index is -4.22. The van der Waals surface area contributed by atoms with Crippen molar-refractivity contribution in [3.63, 3.8) is 0 Å². The van der Waals surface area contributed by atoms with Crippen molar-refractivity contribution in [1.29, 1.82) is 0 Å². The molecule has 0 saturated carbocycles. The van der Waals surface area contributed by atoms with Gasteiger partial charge in [0, 0.05) is 23.7 Å². The van der Waals surface area contributed by atoms with Gasteiger partial charge in [0.15, 0.2) is 0 Å². The van der Waals surface area contributed by atoms with Gasteiger partial charge in [-0.1, -0.05) is 58.4 Å². The van der Waals surface area contributed by atoms with Crippen molar-refractivity contribution in [2.24, 2.45) is 5.41 Å². The third-order valence-corrected chi connectivity index (χ3v) is 8.58. The minimum absolute atomic E-state index is 0.0439. The Hall–Kier alpha value is -4.19. The summed E-state index contributed by atoms with van der Waals surface area (Å²) in [4.78, 5) is 36.3. The highest BCUT2D eigenvalue weighted by molar-refractivity contribution is 7.92. The van der Waals surface area contributed by atoms with Crippen molar-refractivity contribution in [2.75, 3.05) is 25.0 Å². The van der Waals surface area contributed by atoms with Crippen LogP contribution in [-0.2, 0) is 14.8 Å². The van der Waals surface area contributed by atoms with Crippen molar-refractivity contribution in [3.8, 4) is 17.1 Å². The summed E-state index contributed by atoms with van der Waals surface area (Å²) in [6, 6.07) is 12.5. The number of ether oxygens (including phenoxy) is 2. The van der Waals surface area contributed by atoms with Gasteiger partial charge in [0.1, 0.15) is 6.61 Å². The number of sulfonamides is 1. The Balaban J connectivity index is 1.96. The highest BCUT2D eigenvalue weighted by Gasteiger charge is 2.37. The molecule has 0 unspecified atom stereocenters. The summed E-state index contributed by atoms with van der Waals surface area (Å²) in [7, 11) is -2.96. The molecule has 4 rings (SSSR count). The van der Waals surface area contributed by atoms with Crippen LogP contribution in [0.15, 0.2) is 53.4 Å². The number of unbranched alkanes of at least 4 members (excludes halogenated alkanes) is 1. The molecule has 1 aliphatic heterocycles. The number of carbonyl (C=O) groups is 2. The molecular formula is C32H41N5O6S. The van der Waals surface area contributed by atoms with Crippen molar-refractivity contribution in [1.82, 2.24) is 20.0 Å². The van der Waals surface area contributed by atoms with Crippen LogP contribution in [-0.4, -0.2) is 66.7 Å². The fourth-order valence-corrected chi connectivity index (χ4v) is 6.27. The molecule has 1 atom stereocenters. The topological polar surface area (TPSA) is 131 Å². The van der Waals surface area contributed by atoms with Crippen LogP contribution < -0.4 is 9.46 Å². The molecule has 236 valence electrons. The molecule has 4 bridgehead atoms. The third kappa shape index (κ3) is 7.47. The standard InChI is InChI=1S/C32H41N5O6S/c1-8-9-16-36(31(39)42-7)37-24(19-32(4,5)6)20-43-27-18-26(28-21(2)12-10-13-22(28)3)33-30(34-27)35-44(40,41)25-15-11-14-23(17-25)29(37)38/h10-15,17-18,24H,8-9,16,19-20H2,1-7H3,(H,33,34,35)/t24-/m1/s1. The third-order valence-electron chi connectivity index (χ3n) is 7.25. The number of anilines is 1. The predicted octanol–water partition coefficient (Wildman–Crippen LogP) is 5.98. The number of methoxy groups -OCH3 is 1. The lowest BCUT2D eigenvalue weighted by molar-refractivity contribution is -0.0471. The van der Waals surface area contributed by atoms with Gasteiger partial charge in [-0.05, 0) is 61.4 Å². The molecule has 2 aromatic carbocycles. The second-order valence-electron chi connectivity index (χ2n) is 12.1. The summed E-state index contributed by atoms with van der Waals surface area (Å²) in [5.41, 5.74) is 2.99. The van der Waals surface area contributed by atoms with E-state index in [4.69, 9.17) is 9.47 Å². The summed E-state index contributed by atoms with van der Waals surface area (Å²) in [5, 5.41) is 2.65. The normalized spacial score (nSPS) is 16.5. The SMILES string of the molecule is CCCCN(C(=O)OC)N1C(=O)c2cccc(c2)S(=O)(=O)Nc2nc(cc(-c3c(C)cccc3C)n2)OC[C@H]1CC(C)(C)C. The summed E-state index contributed by atoms with van der Waals surface area (Å²) in [6.07, 6.45) is 1.10. The van der Waals surface area contributed by atoms with E-state index >= 15 is 0 Å². The number of carbonyl (C=O) groups excluding carboxylic acids is 2. The van der Waals surface area contributed by atoms with E-state index < -0.39 is 28.1 Å². The zero-order chi connectivity index (χ0) is 32.2. The predicted molar refractivity (Wildman–Crippen MR) is 168 cm³/mol. The average molecular weight is 624 g/mol. The van der Waals surface area contributed by atoms with Gasteiger partial charge in [-0.15, -0.1) is 0 Å². The largest absolute Gasteiger partial charge is 0.475 e. The van der Waals surface area contributed by atoms with E-state index in [1.165, 1.54) is 41.4 Å². The molecule has 0 aliphatic carbocycles. The van der Waals surface area contributed by atoms with Crippen LogP contribution in [0.5, 0.6) is 5.88 Å². The van der Waals surface area contributed by atoms with Gasteiger partial charge in [0.25, 0.3) is 15.9 Å². The molecule has 2 heterocycles. The molecule has 1 N–H and O–H groups in total. The molecule has 12 heteroatoms. The number of nitrogens with zero attached hydrogens (tertiary/aromatic N) is 4. The maximum atomic E-state index is 14.3. The number of aromatic nitrogens is 2. The van der Waals surface area contributed by atoms with E-state index in [1.54, 1.807) is 6.07 Å². The monoisotopic (exact) mass is 623 g/mol. The number of hydrazine groups is 1. The van der Waals surface area contributed by atoms with Gasteiger partial charge in [-0.2, -0.15) is 4.98 Å². The molecule has 0 radical (unpaired) electrons. The van der Waals surface area contributed by atoms with E-state index in [9.17, 15) is 18.0 Å². The Morgan fingerprint density at radius 3 is 2.43 bits per heavy atom. The molecule has 44 heavy (non-hydrogen) atoms. The Labute approximate surface area is 259 Å². The van der Waals surface area contributed by atoms with Gasteiger partial charge in [0.05, 0.1) is 23.7 Å². The highest BCUT2D eigenvalue weighted by atomic mass is 32.2. The number of amides is 2. The summed E-state index contributed by atoms with van der Waals surface area (Å²) in [6.45, 7) is 12.1. The molecule has 11 nitrogen and oxygen atoms in total. The zero-order valence-electron chi connectivity index (χ0n) is 26.4. The first-order chi connectivity index (χ1) is 20.7. The Bertz CT molecular complexity index is 1620. The van der Waals surface area contributed by atoms with Gasteiger partial charge < -0.3 is 9.47 Å². The fourth-order valence-electron chi connectivity index (χ4n) is 5.28. The Morgan fingerprint density at radius 2 is 1.80 bits per heavy atom. The molecule has 1 aliphatic rings. The molecule has 0 fully saturated rings. The fraction of sp³-hybridized carbons (Fsp3) is 0.438. The lowest BCUT2D eigenvalue weighted by Crippen LogP contribution is -2.57. The first kappa shape index (κ1) is 32.7. The van der Waals surface area contributed by atoms with Gasteiger partial charge in [-0.3, -0.25) is 4.79 Å². The van der Waals surface area contributed by atoms with E-state index in [2.05, 4.69) is 14.7 Å². The number of rotatable bonds is 6. The Kier molecular flexibility index (Phi) is 9.82. The Morgan fingerprint density at radius 1 is 1.11 bits per heavy atom. The molecule has 2 amide bonds. The lowest BCUT2D eigenvalue weighted by Gasteiger charge is -2.41. The van der Waals surface area contributed by atoms with Crippen LogP contribution in [0.2, 0.25) is 0 Å². The average Bonchev–Trinajstić information content (AvgIpc) is 2.96. The molecule has 0 saturated heterocycles. The van der Waals surface area contributed by atoms with Crippen molar-refractivity contribution in [3.05, 3.63) is 65.2 Å². The molecule has 1 aromatic heterocycles. The molecule has 0 spiro atoms. The number of hydrogen-bond acceptors (Lipinski definition) is 8.